The summed E-state index contributed by atoms with van der Waals surface area (Å²) < 4.78 is 0. The Kier molecular flexibility index (Phi) is 6.41. The molecule has 0 aromatic carbocycles. The number of aromatic nitrogens is 1. The molecule has 0 aliphatic carbocycles. The molecule has 1 amide bonds. The number of pyridine rings is 1. The average molecular weight is 279 g/mol. The van der Waals surface area contributed by atoms with Crippen LogP contribution in [0.3, 0.4) is 0 Å². The molecular weight excluding hydrogens is 254 g/mol. The Hall–Kier alpha value is -1.66. The van der Waals surface area contributed by atoms with Crippen LogP contribution in [0.2, 0.25) is 0 Å². The van der Waals surface area contributed by atoms with Crippen LogP contribution in [0, 0.1) is 0 Å². The SMILES string of the molecule is CCCc1cc(C(=O)NC(C)CN(C)C)cc(NN)n1. The smallest absolute Gasteiger partial charge is 0.251 e. The minimum absolute atomic E-state index is 0.0783. The van der Waals surface area contributed by atoms with Crippen LogP contribution >= 0.6 is 0 Å². The molecule has 1 aromatic rings. The first-order valence-corrected chi connectivity index (χ1v) is 6.89. The lowest BCUT2D eigenvalue weighted by atomic mass is 10.1. The maximum absolute atomic E-state index is 12.2. The van der Waals surface area contributed by atoms with E-state index in [0.717, 1.165) is 25.1 Å². The van der Waals surface area contributed by atoms with Crippen molar-refractivity contribution in [3.05, 3.63) is 23.4 Å². The summed E-state index contributed by atoms with van der Waals surface area (Å²) >= 11 is 0. The largest absolute Gasteiger partial charge is 0.348 e. The van der Waals surface area contributed by atoms with Crippen molar-refractivity contribution >= 4 is 11.7 Å². The Bertz CT molecular complexity index is 447. The zero-order valence-electron chi connectivity index (χ0n) is 12.7. The lowest BCUT2D eigenvalue weighted by Crippen LogP contribution is -2.39. The summed E-state index contributed by atoms with van der Waals surface area (Å²) in [5.74, 6) is 5.81. The molecule has 1 unspecified atom stereocenters. The monoisotopic (exact) mass is 279 g/mol. The Balaban J connectivity index is 2.83. The van der Waals surface area contributed by atoms with Crippen molar-refractivity contribution in [1.29, 1.82) is 0 Å². The molecule has 0 aliphatic heterocycles. The van der Waals surface area contributed by atoms with Gasteiger partial charge in [0.05, 0.1) is 0 Å². The number of anilines is 1. The molecule has 1 rings (SSSR count). The fraction of sp³-hybridized carbons (Fsp3) is 0.571. The lowest BCUT2D eigenvalue weighted by molar-refractivity contribution is 0.0934. The highest BCUT2D eigenvalue weighted by molar-refractivity contribution is 5.95. The zero-order valence-corrected chi connectivity index (χ0v) is 12.7. The number of aryl methyl sites for hydroxylation is 1. The maximum atomic E-state index is 12.2. The molecular formula is C14H25N5O. The van der Waals surface area contributed by atoms with Gasteiger partial charge in [-0.2, -0.15) is 0 Å². The Labute approximate surface area is 120 Å². The summed E-state index contributed by atoms with van der Waals surface area (Å²) in [6.07, 6.45) is 1.79. The van der Waals surface area contributed by atoms with Gasteiger partial charge in [0.2, 0.25) is 0 Å². The van der Waals surface area contributed by atoms with E-state index in [1.807, 2.05) is 32.0 Å². The quantitative estimate of drug-likeness (QED) is 0.512. The van der Waals surface area contributed by atoms with Crippen LogP contribution in [0.5, 0.6) is 0 Å². The third-order valence-electron chi connectivity index (χ3n) is 2.81. The number of nitrogens with two attached hydrogens (primary N) is 1. The summed E-state index contributed by atoms with van der Waals surface area (Å²) in [4.78, 5) is 18.6. The number of nitrogen functional groups attached to an aromatic ring is 1. The van der Waals surface area contributed by atoms with Crippen LogP contribution in [0.4, 0.5) is 5.82 Å². The number of hydrogen-bond acceptors (Lipinski definition) is 5. The highest BCUT2D eigenvalue weighted by Crippen LogP contribution is 2.11. The van der Waals surface area contributed by atoms with Gasteiger partial charge in [-0.3, -0.25) is 4.79 Å². The van der Waals surface area contributed by atoms with E-state index in [1.165, 1.54) is 0 Å². The first kappa shape index (κ1) is 16.4. The lowest BCUT2D eigenvalue weighted by Gasteiger charge is -2.18. The van der Waals surface area contributed by atoms with Crippen LogP contribution in [0.15, 0.2) is 12.1 Å². The van der Waals surface area contributed by atoms with Gasteiger partial charge in [-0.1, -0.05) is 13.3 Å². The molecule has 0 spiro atoms. The number of nitrogens with one attached hydrogen (secondary N) is 2. The van der Waals surface area contributed by atoms with Crippen LogP contribution in [0.25, 0.3) is 0 Å². The molecule has 0 aliphatic rings. The molecule has 112 valence electrons. The molecule has 1 aromatic heterocycles. The summed E-state index contributed by atoms with van der Waals surface area (Å²) in [5, 5.41) is 2.97. The fourth-order valence-electron chi connectivity index (χ4n) is 2.08. The van der Waals surface area contributed by atoms with Crippen LogP contribution in [-0.4, -0.2) is 42.5 Å². The van der Waals surface area contributed by atoms with Crippen molar-refractivity contribution in [2.75, 3.05) is 26.1 Å². The third kappa shape index (κ3) is 5.14. The van der Waals surface area contributed by atoms with Crippen LogP contribution < -0.4 is 16.6 Å². The highest BCUT2D eigenvalue weighted by atomic mass is 16.1. The first-order chi connectivity index (χ1) is 9.46. The van der Waals surface area contributed by atoms with Gasteiger partial charge in [0.25, 0.3) is 5.91 Å². The van der Waals surface area contributed by atoms with Gasteiger partial charge in [0, 0.05) is 23.8 Å². The molecule has 0 saturated carbocycles. The normalized spacial score (nSPS) is 12.3. The van der Waals surface area contributed by atoms with E-state index < -0.39 is 0 Å². The van der Waals surface area contributed by atoms with Crippen molar-refractivity contribution in [2.45, 2.75) is 32.7 Å². The number of rotatable bonds is 7. The van der Waals surface area contributed by atoms with E-state index in [2.05, 4.69) is 22.7 Å². The molecule has 6 nitrogen and oxygen atoms in total. The van der Waals surface area contributed by atoms with E-state index in [1.54, 1.807) is 6.07 Å². The van der Waals surface area contributed by atoms with Crippen LogP contribution in [-0.2, 0) is 6.42 Å². The third-order valence-corrected chi connectivity index (χ3v) is 2.81. The van der Waals surface area contributed by atoms with E-state index in [0.29, 0.717) is 11.4 Å². The van der Waals surface area contributed by atoms with Crippen molar-refractivity contribution in [3.63, 3.8) is 0 Å². The van der Waals surface area contributed by atoms with Crippen molar-refractivity contribution in [3.8, 4) is 0 Å². The van der Waals surface area contributed by atoms with Gasteiger partial charge < -0.3 is 15.6 Å². The molecule has 0 saturated heterocycles. The molecule has 4 N–H and O–H groups in total. The van der Waals surface area contributed by atoms with Gasteiger partial charge >= 0.3 is 0 Å². The second kappa shape index (κ2) is 7.81. The Morgan fingerprint density at radius 2 is 2.15 bits per heavy atom. The van der Waals surface area contributed by atoms with Gasteiger partial charge in [-0.25, -0.2) is 10.8 Å². The van der Waals surface area contributed by atoms with Gasteiger partial charge in [0.15, 0.2) is 0 Å². The molecule has 1 atom stereocenters. The number of carbonyl (C=O) groups excluding carboxylic acids is 1. The minimum Gasteiger partial charge on any atom is -0.348 e. The van der Waals surface area contributed by atoms with E-state index in [4.69, 9.17) is 5.84 Å². The van der Waals surface area contributed by atoms with E-state index in [-0.39, 0.29) is 11.9 Å². The van der Waals surface area contributed by atoms with Crippen molar-refractivity contribution in [1.82, 2.24) is 15.2 Å². The summed E-state index contributed by atoms with van der Waals surface area (Å²) in [7, 11) is 3.95. The highest BCUT2D eigenvalue weighted by Gasteiger charge is 2.12. The van der Waals surface area contributed by atoms with E-state index in [9.17, 15) is 4.79 Å². The second-order valence-electron chi connectivity index (χ2n) is 5.26. The van der Waals surface area contributed by atoms with Gasteiger partial charge in [-0.05, 0) is 39.6 Å². The predicted molar refractivity (Wildman–Crippen MR) is 81.5 cm³/mol. The molecule has 0 bridgehead atoms. The molecule has 0 fully saturated rings. The number of likely N-dealkylation sites (N-methyl/N-ethyl adjacent to an activating group) is 1. The summed E-state index contributed by atoms with van der Waals surface area (Å²) in [6.45, 7) is 4.85. The van der Waals surface area contributed by atoms with Crippen molar-refractivity contribution in [2.24, 2.45) is 5.84 Å². The molecule has 1 heterocycles. The standard InChI is InChI=1S/C14H25N5O/c1-5-6-12-7-11(8-13(17-12)18-15)14(20)16-10(2)9-19(3)4/h7-8,10H,5-6,9,15H2,1-4H3,(H,16,20)(H,17,18). The fourth-order valence-corrected chi connectivity index (χ4v) is 2.08. The zero-order chi connectivity index (χ0) is 15.1. The first-order valence-electron chi connectivity index (χ1n) is 6.89. The minimum atomic E-state index is -0.101. The van der Waals surface area contributed by atoms with Crippen molar-refractivity contribution < 1.29 is 4.79 Å². The molecule has 6 heteroatoms. The predicted octanol–water partition coefficient (Wildman–Crippen LogP) is 1.000. The number of hydrazine groups is 1. The Morgan fingerprint density at radius 1 is 1.45 bits per heavy atom. The maximum Gasteiger partial charge on any atom is 0.251 e. The topological polar surface area (TPSA) is 83.3 Å². The average Bonchev–Trinajstić information content (AvgIpc) is 2.37. The second-order valence-corrected chi connectivity index (χ2v) is 5.26. The number of amides is 1. The number of nitrogens with zero attached hydrogens (tertiary/aromatic N) is 2. The van der Waals surface area contributed by atoms with Gasteiger partial charge in [-0.15, -0.1) is 0 Å². The molecule has 0 radical (unpaired) electrons. The number of carbonyl (C=O) groups is 1. The summed E-state index contributed by atoms with van der Waals surface area (Å²) in [5.41, 5.74) is 3.96. The Morgan fingerprint density at radius 3 is 2.70 bits per heavy atom. The molecule has 20 heavy (non-hydrogen) atoms. The van der Waals surface area contributed by atoms with Crippen LogP contribution in [0.1, 0.15) is 36.3 Å². The number of hydrogen-bond donors (Lipinski definition) is 3. The van der Waals surface area contributed by atoms with Gasteiger partial charge in [0.1, 0.15) is 5.82 Å². The summed E-state index contributed by atoms with van der Waals surface area (Å²) in [6, 6.07) is 3.56. The van der Waals surface area contributed by atoms with E-state index >= 15 is 0 Å².